The Kier molecular flexibility index (Phi) is 5.26. The van der Waals surface area contributed by atoms with E-state index in [1.807, 2.05) is 0 Å². The maximum atomic E-state index is 11.9. The summed E-state index contributed by atoms with van der Waals surface area (Å²) in [6.07, 6.45) is 1.47. The van der Waals surface area contributed by atoms with Crippen molar-refractivity contribution in [3.8, 4) is 11.5 Å². The lowest BCUT2D eigenvalue weighted by Crippen LogP contribution is -2.12. The van der Waals surface area contributed by atoms with Gasteiger partial charge in [-0.05, 0) is 35.2 Å². The molecule has 0 fully saturated rings. The Morgan fingerprint density at radius 3 is 2.73 bits per heavy atom. The zero-order valence-corrected chi connectivity index (χ0v) is 12.8. The van der Waals surface area contributed by atoms with E-state index in [9.17, 15) is 9.59 Å². The van der Waals surface area contributed by atoms with Crippen LogP contribution in [0.25, 0.3) is 0 Å². The molecule has 0 atom stereocenters. The van der Waals surface area contributed by atoms with E-state index in [1.165, 1.54) is 31.6 Å². The number of hydrogen-bond donors (Lipinski definition) is 1. The largest absolute Gasteiger partial charge is 0.493 e. The molecule has 2 aromatic rings. The van der Waals surface area contributed by atoms with Gasteiger partial charge in [-0.25, -0.2) is 10.2 Å². The Labute approximate surface area is 131 Å². The van der Waals surface area contributed by atoms with E-state index in [2.05, 4.69) is 10.5 Å². The maximum absolute atomic E-state index is 11.9. The SMILES string of the molecule is COc1cc(C=NNC(C)=O)ccc1OC(=O)c1cccs1. The second kappa shape index (κ2) is 7.37. The number of carbonyl (C=O) groups excluding carboxylic acids is 2. The van der Waals surface area contributed by atoms with Crippen LogP contribution >= 0.6 is 11.3 Å². The third-order valence-electron chi connectivity index (χ3n) is 2.55. The van der Waals surface area contributed by atoms with Gasteiger partial charge in [0, 0.05) is 6.92 Å². The number of hydrogen-bond acceptors (Lipinski definition) is 6. The Bertz CT molecular complexity index is 696. The highest BCUT2D eigenvalue weighted by Crippen LogP contribution is 2.28. The van der Waals surface area contributed by atoms with Crippen LogP contribution in [0.1, 0.15) is 22.2 Å². The third-order valence-corrected chi connectivity index (χ3v) is 3.40. The molecule has 0 saturated carbocycles. The fourth-order valence-corrected chi connectivity index (χ4v) is 2.19. The predicted octanol–water partition coefficient (Wildman–Crippen LogP) is 2.45. The molecule has 1 heterocycles. The predicted molar refractivity (Wildman–Crippen MR) is 83.7 cm³/mol. The lowest BCUT2D eigenvalue weighted by molar-refractivity contribution is -0.118. The van der Waals surface area contributed by atoms with Crippen molar-refractivity contribution in [3.05, 3.63) is 46.2 Å². The van der Waals surface area contributed by atoms with E-state index in [0.29, 0.717) is 21.9 Å². The van der Waals surface area contributed by atoms with Gasteiger partial charge in [-0.1, -0.05) is 6.07 Å². The maximum Gasteiger partial charge on any atom is 0.353 e. The summed E-state index contributed by atoms with van der Waals surface area (Å²) >= 11 is 1.30. The number of benzene rings is 1. The fraction of sp³-hybridized carbons (Fsp3) is 0.133. The van der Waals surface area contributed by atoms with Crippen molar-refractivity contribution in [2.24, 2.45) is 5.10 Å². The second-order valence-corrected chi connectivity index (χ2v) is 5.15. The van der Waals surface area contributed by atoms with Crippen molar-refractivity contribution in [2.45, 2.75) is 6.92 Å². The topological polar surface area (TPSA) is 77.0 Å². The van der Waals surface area contributed by atoms with Crippen LogP contribution in [0.15, 0.2) is 40.8 Å². The molecule has 6 nitrogen and oxygen atoms in total. The van der Waals surface area contributed by atoms with Crippen molar-refractivity contribution in [1.82, 2.24) is 5.43 Å². The van der Waals surface area contributed by atoms with Crippen molar-refractivity contribution in [2.75, 3.05) is 7.11 Å². The summed E-state index contributed by atoms with van der Waals surface area (Å²) in [6.45, 7) is 1.37. The quantitative estimate of drug-likeness (QED) is 0.397. The number of nitrogens with one attached hydrogen (secondary N) is 1. The summed E-state index contributed by atoms with van der Waals surface area (Å²) in [5, 5.41) is 5.56. The molecule has 0 spiro atoms. The number of amides is 1. The minimum Gasteiger partial charge on any atom is -0.493 e. The summed E-state index contributed by atoms with van der Waals surface area (Å²) < 4.78 is 10.5. The van der Waals surface area contributed by atoms with Crippen LogP contribution in [0.4, 0.5) is 0 Å². The van der Waals surface area contributed by atoms with E-state index >= 15 is 0 Å². The number of nitrogens with zero attached hydrogens (tertiary/aromatic N) is 1. The van der Waals surface area contributed by atoms with Crippen molar-refractivity contribution in [1.29, 1.82) is 0 Å². The Balaban J connectivity index is 2.14. The normalized spacial score (nSPS) is 10.5. The molecule has 0 unspecified atom stereocenters. The van der Waals surface area contributed by atoms with Crippen molar-refractivity contribution < 1.29 is 19.1 Å². The second-order valence-electron chi connectivity index (χ2n) is 4.20. The number of rotatable bonds is 5. The first kappa shape index (κ1) is 15.7. The van der Waals surface area contributed by atoms with Crippen LogP contribution in [0.3, 0.4) is 0 Å². The fourth-order valence-electron chi connectivity index (χ4n) is 1.59. The summed E-state index contributed by atoms with van der Waals surface area (Å²) in [5.74, 6) is 0.0203. The number of ether oxygens (including phenoxy) is 2. The molecule has 1 aromatic carbocycles. The molecule has 22 heavy (non-hydrogen) atoms. The molecule has 7 heteroatoms. The third kappa shape index (κ3) is 4.16. The van der Waals surface area contributed by atoms with Gasteiger partial charge in [-0.3, -0.25) is 4.79 Å². The molecule has 0 bridgehead atoms. The molecule has 114 valence electrons. The molecule has 0 aliphatic rings. The number of carbonyl (C=O) groups is 2. The minimum absolute atomic E-state index is 0.260. The van der Waals surface area contributed by atoms with Crippen molar-refractivity contribution in [3.63, 3.8) is 0 Å². The average molecular weight is 318 g/mol. The lowest BCUT2D eigenvalue weighted by Gasteiger charge is -2.09. The molecule has 1 amide bonds. The standard InChI is InChI=1S/C15H14N2O4S/c1-10(18)17-16-9-11-5-6-12(13(8-11)20-2)21-15(19)14-4-3-7-22-14/h3-9H,1-2H3,(H,17,18). The number of hydrazone groups is 1. The molecular formula is C15H14N2O4S. The minimum atomic E-state index is -0.437. The Morgan fingerprint density at radius 1 is 1.27 bits per heavy atom. The summed E-state index contributed by atoms with van der Waals surface area (Å²) in [5.41, 5.74) is 3.00. The zero-order chi connectivity index (χ0) is 15.9. The highest BCUT2D eigenvalue weighted by atomic mass is 32.1. The molecule has 0 radical (unpaired) electrons. The molecule has 1 aromatic heterocycles. The first-order chi connectivity index (χ1) is 10.6. The molecule has 0 aliphatic carbocycles. The number of methoxy groups -OCH3 is 1. The zero-order valence-electron chi connectivity index (χ0n) is 12.0. The average Bonchev–Trinajstić information content (AvgIpc) is 3.02. The van der Waals surface area contributed by atoms with Gasteiger partial charge in [0.1, 0.15) is 4.88 Å². The van der Waals surface area contributed by atoms with E-state index in [0.717, 1.165) is 0 Å². The van der Waals surface area contributed by atoms with Crippen LogP contribution in [-0.4, -0.2) is 25.2 Å². The van der Waals surface area contributed by atoms with E-state index in [4.69, 9.17) is 9.47 Å². The van der Waals surface area contributed by atoms with Crippen LogP contribution < -0.4 is 14.9 Å². The Hall–Kier alpha value is -2.67. The van der Waals surface area contributed by atoms with Gasteiger partial charge >= 0.3 is 5.97 Å². The highest BCUT2D eigenvalue weighted by Gasteiger charge is 2.13. The van der Waals surface area contributed by atoms with E-state index < -0.39 is 5.97 Å². The van der Waals surface area contributed by atoms with Crippen LogP contribution in [0.2, 0.25) is 0 Å². The van der Waals surface area contributed by atoms with Crippen molar-refractivity contribution >= 4 is 29.4 Å². The van der Waals surface area contributed by atoms with Gasteiger partial charge in [0.15, 0.2) is 11.5 Å². The van der Waals surface area contributed by atoms with Gasteiger partial charge < -0.3 is 9.47 Å². The molecular weight excluding hydrogens is 304 g/mol. The molecule has 0 aliphatic heterocycles. The van der Waals surface area contributed by atoms with Gasteiger partial charge in [0.05, 0.1) is 13.3 Å². The first-order valence-corrected chi connectivity index (χ1v) is 7.21. The van der Waals surface area contributed by atoms with E-state index in [-0.39, 0.29) is 5.91 Å². The van der Waals surface area contributed by atoms with Crippen LogP contribution in [0, 0.1) is 0 Å². The molecule has 1 N–H and O–H groups in total. The smallest absolute Gasteiger partial charge is 0.353 e. The van der Waals surface area contributed by atoms with Gasteiger partial charge in [-0.15, -0.1) is 11.3 Å². The monoisotopic (exact) mass is 318 g/mol. The summed E-state index contributed by atoms with van der Waals surface area (Å²) in [7, 11) is 1.48. The highest BCUT2D eigenvalue weighted by molar-refractivity contribution is 7.12. The molecule has 2 rings (SSSR count). The number of esters is 1. The Morgan fingerprint density at radius 2 is 2.09 bits per heavy atom. The summed E-state index contributed by atoms with van der Waals surface area (Å²) in [6, 6.07) is 8.43. The van der Waals surface area contributed by atoms with Gasteiger partial charge in [0.25, 0.3) is 0 Å². The summed E-state index contributed by atoms with van der Waals surface area (Å²) in [4.78, 5) is 23.2. The van der Waals surface area contributed by atoms with Gasteiger partial charge in [0.2, 0.25) is 5.91 Å². The number of thiophene rings is 1. The van der Waals surface area contributed by atoms with E-state index in [1.54, 1.807) is 35.7 Å². The van der Waals surface area contributed by atoms with Gasteiger partial charge in [-0.2, -0.15) is 5.10 Å². The van der Waals surface area contributed by atoms with Crippen LogP contribution in [0.5, 0.6) is 11.5 Å². The molecule has 0 saturated heterocycles. The first-order valence-electron chi connectivity index (χ1n) is 6.33. The lowest BCUT2D eigenvalue weighted by atomic mass is 10.2. The van der Waals surface area contributed by atoms with Crippen LogP contribution in [-0.2, 0) is 4.79 Å².